The average Bonchev–Trinajstić information content (AvgIpc) is 2.99. The fourth-order valence-electron chi connectivity index (χ4n) is 3.74. The molecule has 0 aliphatic heterocycles. The smallest absolute Gasteiger partial charge is 0.119 e. The Labute approximate surface area is 143 Å². The van der Waals surface area contributed by atoms with E-state index in [1.54, 1.807) is 0 Å². The van der Waals surface area contributed by atoms with Crippen LogP contribution in [0.3, 0.4) is 0 Å². The van der Waals surface area contributed by atoms with Crippen molar-refractivity contribution in [3.05, 3.63) is 77.4 Å². The van der Waals surface area contributed by atoms with Crippen molar-refractivity contribution in [2.24, 2.45) is 0 Å². The van der Waals surface area contributed by atoms with Gasteiger partial charge in [0.2, 0.25) is 0 Å². The fraction of sp³-hybridized carbons (Fsp3) is 0.217. The Morgan fingerprint density at radius 1 is 0.875 bits per heavy atom. The van der Waals surface area contributed by atoms with Gasteiger partial charge >= 0.3 is 0 Å². The second-order valence-electron chi connectivity index (χ2n) is 6.61. The molecule has 0 saturated carbocycles. The highest BCUT2D eigenvalue weighted by atomic mass is 16.3. The second kappa shape index (κ2) is 6.16. The molecule has 0 unspecified atom stereocenters. The Hall–Kier alpha value is -2.54. The predicted molar refractivity (Wildman–Crippen MR) is 100 cm³/mol. The zero-order chi connectivity index (χ0) is 16.5. The van der Waals surface area contributed by atoms with Gasteiger partial charge < -0.3 is 5.11 Å². The van der Waals surface area contributed by atoms with E-state index < -0.39 is 0 Å². The van der Waals surface area contributed by atoms with Crippen molar-refractivity contribution >= 4 is 0 Å². The molecule has 0 heterocycles. The van der Waals surface area contributed by atoms with Crippen LogP contribution in [-0.2, 0) is 12.8 Å². The zero-order valence-electron chi connectivity index (χ0n) is 14.0. The van der Waals surface area contributed by atoms with E-state index in [1.807, 2.05) is 6.07 Å². The number of hydrogen-bond donors (Lipinski definition) is 1. The first-order valence-corrected chi connectivity index (χ1v) is 8.80. The summed E-state index contributed by atoms with van der Waals surface area (Å²) in [4.78, 5) is 0. The Balaban J connectivity index is 1.76. The van der Waals surface area contributed by atoms with Gasteiger partial charge in [0.05, 0.1) is 0 Å². The summed E-state index contributed by atoms with van der Waals surface area (Å²) in [6.07, 6.45) is 4.18. The highest BCUT2D eigenvalue weighted by Crippen LogP contribution is 2.42. The molecule has 1 nitrogen and oxygen atoms in total. The number of benzene rings is 3. The number of fused-ring (bicyclic) bond motifs is 3. The lowest BCUT2D eigenvalue weighted by atomic mass is 9.94. The molecular formula is C23H22O. The second-order valence-corrected chi connectivity index (χ2v) is 6.61. The molecule has 120 valence electrons. The van der Waals surface area contributed by atoms with Crippen LogP contribution in [0.2, 0.25) is 0 Å². The van der Waals surface area contributed by atoms with Crippen molar-refractivity contribution in [3.63, 3.8) is 0 Å². The van der Waals surface area contributed by atoms with E-state index in [2.05, 4.69) is 61.5 Å². The van der Waals surface area contributed by atoms with Crippen LogP contribution < -0.4 is 0 Å². The van der Waals surface area contributed by atoms with Gasteiger partial charge in [0.15, 0.2) is 0 Å². The molecule has 0 spiro atoms. The summed E-state index contributed by atoms with van der Waals surface area (Å²) in [5, 5.41) is 10.4. The maximum atomic E-state index is 10.4. The number of phenols is 1. The van der Waals surface area contributed by atoms with E-state index in [4.69, 9.17) is 0 Å². The van der Waals surface area contributed by atoms with Gasteiger partial charge in [-0.05, 0) is 64.3 Å². The van der Waals surface area contributed by atoms with Crippen molar-refractivity contribution in [2.75, 3.05) is 0 Å². The third-order valence-corrected chi connectivity index (χ3v) is 5.05. The predicted octanol–water partition coefficient (Wildman–Crippen LogP) is 5.97. The van der Waals surface area contributed by atoms with Gasteiger partial charge in [-0.1, -0.05) is 67.9 Å². The van der Waals surface area contributed by atoms with Crippen LogP contribution in [0.25, 0.3) is 22.3 Å². The maximum absolute atomic E-state index is 10.4. The first-order chi connectivity index (χ1) is 11.8. The number of aryl methyl sites for hydroxylation is 1. The molecule has 4 rings (SSSR count). The van der Waals surface area contributed by atoms with Gasteiger partial charge in [-0.15, -0.1) is 0 Å². The molecule has 1 aliphatic rings. The van der Waals surface area contributed by atoms with Gasteiger partial charge in [-0.25, -0.2) is 0 Å². The summed E-state index contributed by atoms with van der Waals surface area (Å²) in [6, 6.07) is 21.3. The van der Waals surface area contributed by atoms with Crippen molar-refractivity contribution in [3.8, 4) is 28.0 Å². The largest absolute Gasteiger partial charge is 0.508 e. The summed E-state index contributed by atoms with van der Waals surface area (Å²) in [5.74, 6) is 0.425. The molecule has 0 fully saturated rings. The minimum atomic E-state index is 0.425. The topological polar surface area (TPSA) is 20.2 Å². The first kappa shape index (κ1) is 15.0. The van der Waals surface area contributed by atoms with Gasteiger partial charge in [-0.3, -0.25) is 0 Å². The molecule has 0 radical (unpaired) electrons. The van der Waals surface area contributed by atoms with Crippen LogP contribution in [0.15, 0.2) is 60.7 Å². The summed E-state index contributed by atoms with van der Waals surface area (Å²) in [6.45, 7) is 2.18. The van der Waals surface area contributed by atoms with Crippen molar-refractivity contribution < 1.29 is 5.11 Å². The van der Waals surface area contributed by atoms with Crippen LogP contribution in [0.5, 0.6) is 5.75 Å². The summed E-state index contributed by atoms with van der Waals surface area (Å²) < 4.78 is 0. The van der Waals surface area contributed by atoms with Crippen LogP contribution in [0, 0.1) is 0 Å². The first-order valence-electron chi connectivity index (χ1n) is 8.80. The summed E-state index contributed by atoms with van der Waals surface area (Å²) >= 11 is 0. The molecule has 1 aliphatic carbocycles. The quantitative estimate of drug-likeness (QED) is 0.492. The molecule has 1 heteroatoms. The minimum Gasteiger partial charge on any atom is -0.508 e. The standard InChI is InChI=1S/C23H22O/c1-2-3-7-16-12-13-18(15-23(16)24)20-10-6-11-21-19-9-5-4-8-17(19)14-22(20)21/h4-6,8-13,15,24H,2-3,7,14H2,1H3. The molecule has 0 saturated heterocycles. The van der Waals surface area contributed by atoms with Crippen molar-refractivity contribution in [2.45, 2.75) is 32.6 Å². The highest BCUT2D eigenvalue weighted by molar-refractivity contribution is 5.85. The van der Waals surface area contributed by atoms with Crippen LogP contribution in [0.4, 0.5) is 0 Å². The lowest BCUT2D eigenvalue weighted by molar-refractivity contribution is 0.467. The monoisotopic (exact) mass is 314 g/mol. The Kier molecular flexibility index (Phi) is 3.86. The molecule has 0 atom stereocenters. The molecule has 24 heavy (non-hydrogen) atoms. The van der Waals surface area contributed by atoms with E-state index in [0.29, 0.717) is 5.75 Å². The molecule has 0 bridgehead atoms. The Bertz CT molecular complexity index is 892. The lowest BCUT2D eigenvalue weighted by Gasteiger charge is -2.11. The van der Waals surface area contributed by atoms with Crippen LogP contribution >= 0.6 is 0 Å². The summed E-state index contributed by atoms with van der Waals surface area (Å²) in [5.41, 5.74) is 8.84. The number of unbranched alkanes of at least 4 members (excludes halogenated alkanes) is 1. The molecule has 0 amide bonds. The fourth-order valence-corrected chi connectivity index (χ4v) is 3.74. The normalized spacial score (nSPS) is 12.0. The number of hydrogen-bond acceptors (Lipinski definition) is 1. The van der Waals surface area contributed by atoms with E-state index in [1.165, 1.54) is 27.8 Å². The number of phenolic OH excluding ortho intramolecular Hbond substituents is 1. The minimum absolute atomic E-state index is 0.425. The van der Waals surface area contributed by atoms with Gasteiger partial charge in [0.1, 0.15) is 5.75 Å². The SMILES string of the molecule is CCCCc1ccc(-c2cccc3c2Cc2ccccc2-3)cc1O. The van der Waals surface area contributed by atoms with Crippen molar-refractivity contribution in [1.82, 2.24) is 0 Å². The van der Waals surface area contributed by atoms with Crippen LogP contribution in [0.1, 0.15) is 36.5 Å². The lowest BCUT2D eigenvalue weighted by Crippen LogP contribution is -1.90. The zero-order valence-corrected chi connectivity index (χ0v) is 14.0. The van der Waals surface area contributed by atoms with E-state index in [9.17, 15) is 5.11 Å². The molecular weight excluding hydrogens is 292 g/mol. The van der Waals surface area contributed by atoms with E-state index in [-0.39, 0.29) is 0 Å². The van der Waals surface area contributed by atoms with E-state index in [0.717, 1.165) is 36.8 Å². The van der Waals surface area contributed by atoms with E-state index >= 15 is 0 Å². The van der Waals surface area contributed by atoms with Gasteiger partial charge in [-0.2, -0.15) is 0 Å². The van der Waals surface area contributed by atoms with Gasteiger partial charge in [0, 0.05) is 0 Å². The number of rotatable bonds is 4. The number of aromatic hydroxyl groups is 1. The molecule has 3 aromatic carbocycles. The third-order valence-electron chi connectivity index (χ3n) is 5.05. The average molecular weight is 314 g/mol. The Morgan fingerprint density at radius 2 is 1.67 bits per heavy atom. The summed E-state index contributed by atoms with van der Waals surface area (Å²) in [7, 11) is 0. The third kappa shape index (κ3) is 2.50. The van der Waals surface area contributed by atoms with Crippen molar-refractivity contribution in [1.29, 1.82) is 0 Å². The van der Waals surface area contributed by atoms with Crippen LogP contribution in [-0.4, -0.2) is 5.11 Å². The molecule has 3 aromatic rings. The molecule has 1 N–H and O–H groups in total. The highest BCUT2D eigenvalue weighted by Gasteiger charge is 2.21. The Morgan fingerprint density at radius 3 is 2.50 bits per heavy atom. The molecule has 0 aromatic heterocycles. The maximum Gasteiger partial charge on any atom is 0.119 e. The van der Waals surface area contributed by atoms with Gasteiger partial charge in [0.25, 0.3) is 0 Å².